The van der Waals surface area contributed by atoms with Gasteiger partial charge in [0.05, 0.1) is 19.3 Å². The Morgan fingerprint density at radius 2 is 2.09 bits per heavy atom. The second-order valence-corrected chi connectivity index (χ2v) is 6.42. The Balaban J connectivity index is 1.71. The average Bonchev–Trinajstić information content (AvgIpc) is 2.55. The number of nitrogens with zero attached hydrogens (tertiary/aromatic N) is 1. The maximum absolute atomic E-state index is 12.2. The number of aliphatic hydroxyl groups excluding tert-OH is 1. The molecule has 1 aliphatic rings. The molecule has 1 aromatic carbocycles. The summed E-state index contributed by atoms with van der Waals surface area (Å²) in [5.41, 5.74) is 0.964. The Bertz CT molecular complexity index is 506. The van der Waals surface area contributed by atoms with E-state index in [0.29, 0.717) is 31.2 Å². The van der Waals surface area contributed by atoms with Crippen LogP contribution in [-0.2, 0) is 16.0 Å². The largest absolute Gasteiger partial charge is 0.390 e. The predicted molar refractivity (Wildman–Crippen MR) is 90.6 cm³/mol. The Hall–Kier alpha value is -1.14. The fraction of sp³-hybridized carbons (Fsp3) is 0.588. The van der Waals surface area contributed by atoms with E-state index in [9.17, 15) is 9.90 Å². The fourth-order valence-electron chi connectivity index (χ4n) is 2.63. The minimum absolute atomic E-state index is 0.0639. The molecular weight excluding hydrogens is 316 g/mol. The van der Waals surface area contributed by atoms with Crippen molar-refractivity contribution in [1.29, 1.82) is 0 Å². The summed E-state index contributed by atoms with van der Waals surface area (Å²) in [4.78, 5) is 14.3. The first-order valence-electron chi connectivity index (χ1n) is 8.05. The van der Waals surface area contributed by atoms with Gasteiger partial charge >= 0.3 is 0 Å². The molecule has 1 saturated heterocycles. The predicted octanol–water partition coefficient (Wildman–Crippen LogP) is 1.33. The minimum atomic E-state index is -0.565. The van der Waals surface area contributed by atoms with Crippen LogP contribution in [-0.4, -0.2) is 61.4 Å². The van der Waals surface area contributed by atoms with Crippen molar-refractivity contribution in [2.75, 3.05) is 39.4 Å². The zero-order chi connectivity index (χ0) is 16.7. The summed E-state index contributed by atoms with van der Waals surface area (Å²) in [5.74, 6) is -0.253. The van der Waals surface area contributed by atoms with E-state index in [2.05, 4.69) is 10.2 Å². The third-order valence-corrected chi connectivity index (χ3v) is 4.38. The molecule has 6 heteroatoms. The third-order valence-electron chi connectivity index (χ3n) is 4.02. The van der Waals surface area contributed by atoms with Crippen LogP contribution in [0, 0.1) is 5.92 Å². The van der Waals surface area contributed by atoms with Gasteiger partial charge in [0, 0.05) is 37.1 Å². The number of carbonyl (C=O) groups is 1. The molecular formula is C17H25ClN2O3. The zero-order valence-electron chi connectivity index (χ0n) is 13.5. The lowest BCUT2D eigenvalue weighted by Gasteiger charge is -2.28. The van der Waals surface area contributed by atoms with E-state index in [1.165, 1.54) is 0 Å². The lowest BCUT2D eigenvalue weighted by molar-refractivity contribution is -0.125. The molecule has 0 aromatic heterocycles. The summed E-state index contributed by atoms with van der Waals surface area (Å²) < 4.78 is 5.27. The van der Waals surface area contributed by atoms with Gasteiger partial charge in [-0.25, -0.2) is 0 Å². The van der Waals surface area contributed by atoms with Gasteiger partial charge in [-0.15, -0.1) is 0 Å². The first-order valence-corrected chi connectivity index (χ1v) is 8.43. The SMILES string of the molecule is CC(Cc1ccccc1Cl)C(=O)NCC(O)CN1CCOCC1. The molecule has 2 N–H and O–H groups in total. The van der Waals surface area contributed by atoms with Gasteiger partial charge in [0.25, 0.3) is 0 Å². The molecule has 5 nitrogen and oxygen atoms in total. The van der Waals surface area contributed by atoms with Crippen molar-refractivity contribution in [2.45, 2.75) is 19.4 Å². The summed E-state index contributed by atoms with van der Waals surface area (Å²) in [6, 6.07) is 7.55. The molecule has 1 heterocycles. The number of β-amino-alcohol motifs (C(OH)–C–C–N with tert-alkyl or cyclic N) is 1. The highest BCUT2D eigenvalue weighted by Gasteiger charge is 2.18. The molecule has 1 amide bonds. The second-order valence-electron chi connectivity index (χ2n) is 6.01. The highest BCUT2D eigenvalue weighted by molar-refractivity contribution is 6.31. The van der Waals surface area contributed by atoms with E-state index in [1.54, 1.807) is 0 Å². The topological polar surface area (TPSA) is 61.8 Å². The van der Waals surface area contributed by atoms with E-state index in [-0.39, 0.29) is 18.4 Å². The summed E-state index contributed by atoms with van der Waals surface area (Å²) in [6.07, 6.45) is 0.0231. The van der Waals surface area contributed by atoms with Gasteiger partial charge in [-0.3, -0.25) is 9.69 Å². The van der Waals surface area contributed by atoms with Crippen LogP contribution in [0.5, 0.6) is 0 Å². The van der Waals surface area contributed by atoms with Crippen LogP contribution in [0.1, 0.15) is 12.5 Å². The molecule has 1 fully saturated rings. The van der Waals surface area contributed by atoms with Crippen molar-refractivity contribution >= 4 is 17.5 Å². The van der Waals surface area contributed by atoms with Crippen LogP contribution in [0.25, 0.3) is 0 Å². The number of aliphatic hydroxyl groups is 1. The van der Waals surface area contributed by atoms with Crippen LogP contribution in [0.4, 0.5) is 0 Å². The molecule has 128 valence electrons. The Labute approximate surface area is 142 Å². The lowest BCUT2D eigenvalue weighted by atomic mass is 10.0. The van der Waals surface area contributed by atoms with E-state index in [1.807, 2.05) is 31.2 Å². The first kappa shape index (κ1) is 18.2. The summed E-state index contributed by atoms with van der Waals surface area (Å²) in [6.45, 7) is 5.75. The molecule has 23 heavy (non-hydrogen) atoms. The highest BCUT2D eigenvalue weighted by Crippen LogP contribution is 2.18. The van der Waals surface area contributed by atoms with Gasteiger partial charge in [-0.05, 0) is 18.1 Å². The molecule has 1 aliphatic heterocycles. The molecule has 2 rings (SSSR count). The van der Waals surface area contributed by atoms with E-state index < -0.39 is 6.10 Å². The molecule has 0 saturated carbocycles. The van der Waals surface area contributed by atoms with Gasteiger partial charge in [0.2, 0.25) is 5.91 Å². The number of halogens is 1. The number of morpholine rings is 1. The Morgan fingerprint density at radius 1 is 1.39 bits per heavy atom. The molecule has 2 atom stereocenters. The van der Waals surface area contributed by atoms with Crippen molar-refractivity contribution < 1.29 is 14.6 Å². The van der Waals surface area contributed by atoms with Gasteiger partial charge in [-0.2, -0.15) is 0 Å². The van der Waals surface area contributed by atoms with E-state index in [0.717, 1.165) is 18.7 Å². The number of rotatable bonds is 7. The number of amides is 1. The first-order chi connectivity index (χ1) is 11.1. The fourth-order valence-corrected chi connectivity index (χ4v) is 2.84. The number of hydrogen-bond acceptors (Lipinski definition) is 4. The summed E-state index contributed by atoms with van der Waals surface area (Å²) in [5, 5.41) is 13.5. The minimum Gasteiger partial charge on any atom is -0.390 e. The van der Waals surface area contributed by atoms with Gasteiger partial charge in [0.1, 0.15) is 0 Å². The summed E-state index contributed by atoms with van der Waals surface area (Å²) >= 11 is 6.12. The van der Waals surface area contributed by atoms with Crippen LogP contribution < -0.4 is 5.32 Å². The Kier molecular flexibility index (Phi) is 7.30. The maximum atomic E-state index is 12.2. The van der Waals surface area contributed by atoms with Crippen LogP contribution in [0.3, 0.4) is 0 Å². The van der Waals surface area contributed by atoms with Crippen molar-refractivity contribution in [2.24, 2.45) is 5.92 Å². The van der Waals surface area contributed by atoms with E-state index >= 15 is 0 Å². The number of hydrogen-bond donors (Lipinski definition) is 2. The number of ether oxygens (including phenoxy) is 1. The number of benzene rings is 1. The average molecular weight is 341 g/mol. The number of carbonyl (C=O) groups excluding carboxylic acids is 1. The van der Waals surface area contributed by atoms with Gasteiger partial charge in [-0.1, -0.05) is 36.7 Å². The lowest BCUT2D eigenvalue weighted by Crippen LogP contribution is -2.45. The molecule has 1 aromatic rings. The third kappa shape index (κ3) is 6.11. The molecule has 0 radical (unpaired) electrons. The quantitative estimate of drug-likeness (QED) is 0.786. The van der Waals surface area contributed by atoms with Crippen molar-refractivity contribution in [3.63, 3.8) is 0 Å². The molecule has 2 unspecified atom stereocenters. The monoisotopic (exact) mass is 340 g/mol. The number of nitrogens with one attached hydrogen (secondary N) is 1. The van der Waals surface area contributed by atoms with Crippen LogP contribution in [0.15, 0.2) is 24.3 Å². The zero-order valence-corrected chi connectivity index (χ0v) is 14.3. The van der Waals surface area contributed by atoms with Crippen molar-refractivity contribution in [1.82, 2.24) is 10.2 Å². The van der Waals surface area contributed by atoms with Crippen molar-refractivity contribution in [3.05, 3.63) is 34.9 Å². The maximum Gasteiger partial charge on any atom is 0.223 e. The standard InChI is InChI=1S/C17H25ClN2O3/c1-13(10-14-4-2-3-5-16(14)18)17(22)19-11-15(21)12-20-6-8-23-9-7-20/h2-5,13,15,21H,6-12H2,1H3,(H,19,22). The normalized spacial score (nSPS) is 18.4. The van der Waals surface area contributed by atoms with Crippen LogP contribution >= 0.6 is 11.6 Å². The molecule has 0 spiro atoms. The molecule has 0 bridgehead atoms. The van der Waals surface area contributed by atoms with E-state index in [4.69, 9.17) is 16.3 Å². The molecule has 0 aliphatic carbocycles. The summed E-state index contributed by atoms with van der Waals surface area (Å²) in [7, 11) is 0. The second kappa shape index (κ2) is 9.23. The van der Waals surface area contributed by atoms with Gasteiger partial charge < -0.3 is 15.2 Å². The van der Waals surface area contributed by atoms with Gasteiger partial charge in [0.15, 0.2) is 0 Å². The Morgan fingerprint density at radius 3 is 2.78 bits per heavy atom. The highest BCUT2D eigenvalue weighted by atomic mass is 35.5. The van der Waals surface area contributed by atoms with Crippen molar-refractivity contribution in [3.8, 4) is 0 Å². The smallest absolute Gasteiger partial charge is 0.223 e. The van der Waals surface area contributed by atoms with Crippen LogP contribution in [0.2, 0.25) is 5.02 Å².